The first-order valence-corrected chi connectivity index (χ1v) is 8.84. The van der Waals surface area contributed by atoms with Gasteiger partial charge in [-0.3, -0.25) is 0 Å². The zero-order valence-electron chi connectivity index (χ0n) is 12.3. The Labute approximate surface area is 131 Å². The van der Waals surface area contributed by atoms with Crippen molar-refractivity contribution in [3.63, 3.8) is 0 Å². The molecule has 0 saturated carbocycles. The molecule has 2 rings (SSSR count). The Balaban J connectivity index is 2.23. The summed E-state index contributed by atoms with van der Waals surface area (Å²) in [5.41, 5.74) is 0.929. The highest BCUT2D eigenvalue weighted by Gasteiger charge is 2.33. The van der Waals surface area contributed by atoms with Gasteiger partial charge in [0.25, 0.3) is 10.2 Å². The maximum absolute atomic E-state index is 12.8. The molecule has 0 amide bonds. The van der Waals surface area contributed by atoms with Crippen molar-refractivity contribution in [3.8, 4) is 0 Å². The predicted octanol–water partition coefficient (Wildman–Crippen LogP) is 2.30. The Morgan fingerprint density at radius 1 is 1.29 bits per heavy atom. The van der Waals surface area contributed by atoms with Crippen LogP contribution in [-0.4, -0.2) is 49.9 Å². The SMILES string of the molecule is CCN([C@@H](C)c1ccc(Cl)cc1)S(=O)(=O)N1CCOCC1. The van der Waals surface area contributed by atoms with Crippen LogP contribution in [0.25, 0.3) is 0 Å². The first kappa shape index (κ1) is 16.7. The van der Waals surface area contributed by atoms with E-state index in [1.807, 2.05) is 26.0 Å². The third kappa shape index (κ3) is 3.76. The fourth-order valence-corrected chi connectivity index (χ4v) is 4.35. The number of hydrogen-bond acceptors (Lipinski definition) is 3. The lowest BCUT2D eigenvalue weighted by atomic mass is 10.1. The summed E-state index contributed by atoms with van der Waals surface area (Å²) in [4.78, 5) is 0. The summed E-state index contributed by atoms with van der Waals surface area (Å²) >= 11 is 5.89. The van der Waals surface area contributed by atoms with Crippen molar-refractivity contribution >= 4 is 21.8 Å². The molecule has 1 saturated heterocycles. The van der Waals surface area contributed by atoms with Gasteiger partial charge in [-0.2, -0.15) is 17.0 Å². The molecule has 1 heterocycles. The van der Waals surface area contributed by atoms with Crippen LogP contribution in [0.4, 0.5) is 0 Å². The lowest BCUT2D eigenvalue weighted by Crippen LogP contribution is -2.49. The van der Waals surface area contributed by atoms with Gasteiger partial charge >= 0.3 is 0 Å². The van der Waals surface area contributed by atoms with Crippen LogP contribution in [-0.2, 0) is 14.9 Å². The van der Waals surface area contributed by atoms with Crippen LogP contribution in [0.3, 0.4) is 0 Å². The van der Waals surface area contributed by atoms with Crippen molar-refractivity contribution in [3.05, 3.63) is 34.9 Å². The molecule has 0 spiro atoms. The van der Waals surface area contributed by atoms with E-state index in [1.54, 1.807) is 12.1 Å². The summed E-state index contributed by atoms with van der Waals surface area (Å²) in [6.07, 6.45) is 0. The molecule has 1 atom stereocenters. The lowest BCUT2D eigenvalue weighted by Gasteiger charge is -2.34. The maximum atomic E-state index is 12.8. The van der Waals surface area contributed by atoms with Crippen molar-refractivity contribution in [1.29, 1.82) is 0 Å². The van der Waals surface area contributed by atoms with E-state index in [-0.39, 0.29) is 6.04 Å². The minimum absolute atomic E-state index is 0.236. The molecule has 1 aromatic carbocycles. The molecule has 21 heavy (non-hydrogen) atoms. The molecule has 1 aromatic rings. The van der Waals surface area contributed by atoms with E-state index in [4.69, 9.17) is 16.3 Å². The summed E-state index contributed by atoms with van der Waals surface area (Å²) < 4.78 is 33.8. The summed E-state index contributed by atoms with van der Waals surface area (Å²) in [5, 5.41) is 0.644. The first-order valence-electron chi connectivity index (χ1n) is 7.07. The van der Waals surface area contributed by atoms with Crippen molar-refractivity contribution in [2.45, 2.75) is 19.9 Å². The molecule has 0 aromatic heterocycles. The second-order valence-electron chi connectivity index (χ2n) is 4.95. The number of morpholine rings is 1. The fraction of sp³-hybridized carbons (Fsp3) is 0.571. The number of halogens is 1. The van der Waals surface area contributed by atoms with E-state index in [0.29, 0.717) is 37.9 Å². The van der Waals surface area contributed by atoms with Crippen molar-refractivity contribution < 1.29 is 13.2 Å². The highest BCUT2D eigenvalue weighted by Crippen LogP contribution is 2.26. The second-order valence-corrected chi connectivity index (χ2v) is 7.27. The van der Waals surface area contributed by atoms with Crippen molar-refractivity contribution in [2.75, 3.05) is 32.8 Å². The van der Waals surface area contributed by atoms with Gasteiger partial charge in [0.2, 0.25) is 0 Å². The molecule has 1 aliphatic heterocycles. The predicted molar refractivity (Wildman–Crippen MR) is 83.6 cm³/mol. The second kappa shape index (κ2) is 7.07. The van der Waals surface area contributed by atoms with Gasteiger partial charge in [-0.1, -0.05) is 30.7 Å². The number of ether oxygens (including phenoxy) is 1. The van der Waals surface area contributed by atoms with Crippen LogP contribution < -0.4 is 0 Å². The Bertz CT molecular complexity index is 556. The van der Waals surface area contributed by atoms with Crippen molar-refractivity contribution in [1.82, 2.24) is 8.61 Å². The summed E-state index contributed by atoms with van der Waals surface area (Å²) in [6.45, 7) is 5.88. The Hall–Kier alpha value is -0.660. The zero-order chi connectivity index (χ0) is 15.5. The first-order chi connectivity index (χ1) is 9.96. The molecule has 1 aliphatic rings. The van der Waals surface area contributed by atoms with Crippen LogP contribution in [0.15, 0.2) is 24.3 Å². The number of benzene rings is 1. The van der Waals surface area contributed by atoms with Crippen LogP contribution in [0.5, 0.6) is 0 Å². The van der Waals surface area contributed by atoms with E-state index < -0.39 is 10.2 Å². The van der Waals surface area contributed by atoms with Crippen LogP contribution in [0.1, 0.15) is 25.5 Å². The third-order valence-electron chi connectivity index (χ3n) is 3.69. The van der Waals surface area contributed by atoms with Crippen LogP contribution in [0, 0.1) is 0 Å². The third-order valence-corrected chi connectivity index (χ3v) is 6.13. The minimum atomic E-state index is -3.48. The minimum Gasteiger partial charge on any atom is -0.379 e. The van der Waals surface area contributed by atoms with Gasteiger partial charge in [-0.05, 0) is 24.6 Å². The van der Waals surface area contributed by atoms with Crippen LogP contribution in [0.2, 0.25) is 5.02 Å². The van der Waals surface area contributed by atoms with E-state index in [9.17, 15) is 8.42 Å². The number of hydrogen-bond donors (Lipinski definition) is 0. The Kier molecular flexibility index (Phi) is 5.62. The Morgan fingerprint density at radius 3 is 2.38 bits per heavy atom. The molecular formula is C14H21ClN2O3S. The topological polar surface area (TPSA) is 49.9 Å². The highest BCUT2D eigenvalue weighted by molar-refractivity contribution is 7.86. The summed E-state index contributed by atoms with van der Waals surface area (Å²) in [7, 11) is -3.48. The average molecular weight is 333 g/mol. The normalized spacial score (nSPS) is 18.9. The molecule has 5 nitrogen and oxygen atoms in total. The monoisotopic (exact) mass is 332 g/mol. The molecule has 7 heteroatoms. The van der Waals surface area contributed by atoms with Gasteiger partial charge in [-0.15, -0.1) is 0 Å². The smallest absolute Gasteiger partial charge is 0.282 e. The van der Waals surface area contributed by atoms with Gasteiger partial charge < -0.3 is 4.74 Å². The van der Waals surface area contributed by atoms with E-state index in [1.165, 1.54) is 8.61 Å². The molecular weight excluding hydrogens is 312 g/mol. The summed E-state index contributed by atoms with van der Waals surface area (Å²) in [5.74, 6) is 0. The van der Waals surface area contributed by atoms with Gasteiger partial charge in [0.1, 0.15) is 0 Å². The fourth-order valence-electron chi connectivity index (χ4n) is 2.47. The van der Waals surface area contributed by atoms with Gasteiger partial charge in [-0.25, -0.2) is 0 Å². The van der Waals surface area contributed by atoms with E-state index in [2.05, 4.69) is 0 Å². The van der Waals surface area contributed by atoms with Gasteiger partial charge in [0.15, 0.2) is 0 Å². The summed E-state index contributed by atoms with van der Waals surface area (Å²) in [6, 6.07) is 7.06. The van der Waals surface area contributed by atoms with Crippen molar-refractivity contribution in [2.24, 2.45) is 0 Å². The van der Waals surface area contributed by atoms with E-state index >= 15 is 0 Å². The van der Waals surface area contributed by atoms with Crippen LogP contribution >= 0.6 is 11.6 Å². The molecule has 1 fully saturated rings. The van der Waals surface area contributed by atoms with E-state index in [0.717, 1.165) is 5.56 Å². The quantitative estimate of drug-likeness (QED) is 0.831. The Morgan fingerprint density at radius 2 is 1.86 bits per heavy atom. The number of nitrogens with zero attached hydrogens (tertiary/aromatic N) is 2. The standard InChI is InChI=1S/C14H21ClN2O3S/c1-3-17(12(2)13-4-6-14(15)7-5-13)21(18,19)16-8-10-20-11-9-16/h4-7,12H,3,8-11H2,1-2H3/t12-/m0/s1. The molecule has 0 unspecified atom stereocenters. The molecule has 0 radical (unpaired) electrons. The number of rotatable bonds is 5. The van der Waals surface area contributed by atoms with Gasteiger partial charge in [0, 0.05) is 30.7 Å². The lowest BCUT2D eigenvalue weighted by molar-refractivity contribution is 0.0694. The molecule has 0 N–H and O–H groups in total. The largest absolute Gasteiger partial charge is 0.379 e. The molecule has 0 bridgehead atoms. The van der Waals surface area contributed by atoms with Gasteiger partial charge in [0.05, 0.1) is 13.2 Å². The molecule has 118 valence electrons. The highest BCUT2D eigenvalue weighted by atomic mass is 35.5. The maximum Gasteiger partial charge on any atom is 0.282 e. The average Bonchev–Trinajstić information content (AvgIpc) is 2.49. The zero-order valence-corrected chi connectivity index (χ0v) is 13.9. The molecule has 0 aliphatic carbocycles.